The highest BCUT2D eigenvalue weighted by molar-refractivity contribution is 5.11. The summed E-state index contributed by atoms with van der Waals surface area (Å²) in [4.78, 5) is 0. The third-order valence-corrected chi connectivity index (χ3v) is 10.2. The Morgan fingerprint density at radius 2 is 1.73 bits per heavy atom. The molecule has 4 rings (SSSR count). The minimum Gasteiger partial charge on any atom is -0.396 e. The van der Waals surface area contributed by atoms with E-state index in [2.05, 4.69) is 20.8 Å². The summed E-state index contributed by atoms with van der Waals surface area (Å²) >= 11 is 0. The van der Waals surface area contributed by atoms with Gasteiger partial charge in [0.05, 0.1) is 6.10 Å². The Bertz CT molecular complexity index is 504. The molecule has 0 radical (unpaired) electrons. The summed E-state index contributed by atoms with van der Waals surface area (Å²) in [5.41, 5.74) is 0.930. The first-order valence-electron chi connectivity index (χ1n) is 11.7. The highest BCUT2D eigenvalue weighted by atomic mass is 16.3. The Kier molecular flexibility index (Phi) is 5.23. The van der Waals surface area contributed by atoms with Gasteiger partial charge in [0.25, 0.3) is 0 Å². The van der Waals surface area contributed by atoms with Crippen molar-refractivity contribution in [3.05, 3.63) is 0 Å². The fourth-order valence-corrected chi connectivity index (χ4v) is 8.84. The van der Waals surface area contributed by atoms with Gasteiger partial charge in [-0.15, -0.1) is 0 Å². The molecule has 4 saturated carbocycles. The van der Waals surface area contributed by atoms with Crippen molar-refractivity contribution in [2.24, 2.45) is 46.3 Å². The Morgan fingerprint density at radius 1 is 0.962 bits per heavy atom. The third kappa shape index (κ3) is 2.81. The summed E-state index contributed by atoms with van der Waals surface area (Å²) in [6, 6.07) is 0. The predicted molar refractivity (Wildman–Crippen MR) is 107 cm³/mol. The second-order valence-corrected chi connectivity index (χ2v) is 11.1. The molecule has 0 aromatic carbocycles. The average Bonchev–Trinajstić information content (AvgIpc) is 2.97. The van der Waals surface area contributed by atoms with Gasteiger partial charge in [-0.2, -0.15) is 0 Å². The molecule has 0 aliphatic heterocycles. The lowest BCUT2D eigenvalue weighted by Crippen LogP contribution is -2.57. The molecule has 26 heavy (non-hydrogen) atoms. The van der Waals surface area contributed by atoms with E-state index in [-0.39, 0.29) is 6.10 Å². The van der Waals surface area contributed by atoms with Crippen molar-refractivity contribution in [3.63, 3.8) is 0 Å². The average molecular weight is 363 g/mol. The Hall–Kier alpha value is -0.0800. The maximum Gasteiger partial charge on any atom is 0.0577 e. The van der Waals surface area contributed by atoms with Gasteiger partial charge in [0.1, 0.15) is 0 Å². The molecule has 2 heteroatoms. The van der Waals surface area contributed by atoms with E-state index in [9.17, 15) is 10.2 Å². The molecule has 2 nitrogen and oxygen atoms in total. The second kappa shape index (κ2) is 7.07. The van der Waals surface area contributed by atoms with Gasteiger partial charge >= 0.3 is 0 Å². The molecule has 4 fully saturated rings. The summed E-state index contributed by atoms with van der Waals surface area (Å²) in [5.74, 6) is 4.34. The molecule has 0 aromatic heterocycles. The van der Waals surface area contributed by atoms with Crippen LogP contribution in [0.15, 0.2) is 0 Å². The van der Waals surface area contributed by atoms with Crippen LogP contribution in [0.1, 0.15) is 91.4 Å². The lowest BCUT2D eigenvalue weighted by atomic mass is 9.44. The summed E-state index contributed by atoms with van der Waals surface area (Å²) in [5, 5.41) is 20.5. The summed E-state index contributed by atoms with van der Waals surface area (Å²) < 4.78 is 0. The fraction of sp³-hybridized carbons (Fsp3) is 1.00. The van der Waals surface area contributed by atoms with Crippen molar-refractivity contribution in [1.82, 2.24) is 0 Å². The van der Waals surface area contributed by atoms with Gasteiger partial charge in [-0.05, 0) is 104 Å². The smallest absolute Gasteiger partial charge is 0.0577 e. The van der Waals surface area contributed by atoms with Crippen LogP contribution in [0.3, 0.4) is 0 Å². The van der Waals surface area contributed by atoms with Crippen LogP contribution in [0.2, 0.25) is 0 Å². The quantitative estimate of drug-likeness (QED) is 0.701. The van der Waals surface area contributed by atoms with Gasteiger partial charge in [0.2, 0.25) is 0 Å². The van der Waals surface area contributed by atoms with E-state index < -0.39 is 0 Å². The van der Waals surface area contributed by atoms with Crippen LogP contribution in [0.25, 0.3) is 0 Å². The first kappa shape index (κ1) is 19.2. The first-order valence-corrected chi connectivity index (χ1v) is 11.7. The normalized spacial score (nSPS) is 52.0. The van der Waals surface area contributed by atoms with Gasteiger partial charge in [0.15, 0.2) is 0 Å². The van der Waals surface area contributed by atoms with Crippen LogP contribution < -0.4 is 0 Å². The molecule has 2 N–H and O–H groups in total. The van der Waals surface area contributed by atoms with E-state index in [0.717, 1.165) is 36.5 Å². The summed E-state index contributed by atoms with van der Waals surface area (Å²) in [6.07, 6.45) is 14.1. The summed E-state index contributed by atoms with van der Waals surface area (Å²) in [7, 11) is 0. The maximum absolute atomic E-state index is 11.3. The number of aliphatic hydroxyl groups is 2. The van der Waals surface area contributed by atoms with Gasteiger partial charge in [0, 0.05) is 6.61 Å². The molecule has 0 unspecified atom stereocenters. The molecule has 9 atom stereocenters. The largest absolute Gasteiger partial charge is 0.396 e. The van der Waals surface area contributed by atoms with E-state index in [1.807, 2.05) is 0 Å². The zero-order valence-electron chi connectivity index (χ0n) is 17.4. The highest BCUT2D eigenvalue weighted by Gasteiger charge is 2.62. The van der Waals surface area contributed by atoms with Crippen molar-refractivity contribution >= 4 is 0 Å². The van der Waals surface area contributed by atoms with Crippen LogP contribution >= 0.6 is 0 Å². The van der Waals surface area contributed by atoms with Gasteiger partial charge < -0.3 is 10.2 Å². The first-order chi connectivity index (χ1) is 12.4. The third-order valence-electron chi connectivity index (χ3n) is 10.2. The predicted octanol–water partition coefficient (Wildman–Crippen LogP) is 5.41. The fourth-order valence-electron chi connectivity index (χ4n) is 8.84. The number of fused-ring (bicyclic) bond motifs is 5. The van der Waals surface area contributed by atoms with E-state index in [1.165, 1.54) is 57.8 Å². The van der Waals surface area contributed by atoms with E-state index >= 15 is 0 Å². The zero-order chi connectivity index (χ0) is 18.5. The molecular weight excluding hydrogens is 320 g/mol. The SMILES string of the molecule is C[C@H](CCCO)[C@H]1CC[C@H]2[C@@H]3[C@H](O)C[C@@H]4CCCC[C@]4(C)[C@H]3CC[C@]12C. The van der Waals surface area contributed by atoms with Crippen molar-refractivity contribution in [2.45, 2.75) is 97.5 Å². The van der Waals surface area contributed by atoms with E-state index in [0.29, 0.717) is 29.3 Å². The minimum absolute atomic E-state index is 0.0488. The van der Waals surface area contributed by atoms with Crippen LogP contribution in [0, 0.1) is 46.3 Å². The lowest BCUT2D eigenvalue weighted by molar-refractivity contribution is -0.164. The molecule has 150 valence electrons. The van der Waals surface area contributed by atoms with Gasteiger partial charge in [-0.25, -0.2) is 0 Å². The number of hydrogen-bond acceptors (Lipinski definition) is 2. The molecule has 0 saturated heterocycles. The summed E-state index contributed by atoms with van der Waals surface area (Å²) in [6.45, 7) is 7.93. The minimum atomic E-state index is -0.0488. The van der Waals surface area contributed by atoms with Crippen LogP contribution in [0.5, 0.6) is 0 Å². The number of aliphatic hydroxyl groups excluding tert-OH is 2. The number of rotatable bonds is 4. The van der Waals surface area contributed by atoms with Crippen molar-refractivity contribution < 1.29 is 10.2 Å². The van der Waals surface area contributed by atoms with Crippen molar-refractivity contribution in [2.75, 3.05) is 6.61 Å². The number of hydrogen-bond donors (Lipinski definition) is 2. The molecule has 0 amide bonds. The maximum atomic E-state index is 11.3. The van der Waals surface area contributed by atoms with Gasteiger partial charge in [-0.3, -0.25) is 0 Å². The van der Waals surface area contributed by atoms with Crippen molar-refractivity contribution in [1.29, 1.82) is 0 Å². The monoisotopic (exact) mass is 362 g/mol. The molecule has 4 aliphatic carbocycles. The molecule has 0 heterocycles. The van der Waals surface area contributed by atoms with Gasteiger partial charge in [-0.1, -0.05) is 33.6 Å². The standard InChI is InChI=1S/C24H42O2/c1-16(7-6-14-25)18-9-10-19-22-20(11-13-24(18,19)3)23(2)12-5-4-8-17(23)15-21(22)26/h16-22,25-26H,4-15H2,1-3H3/t16-,17+,18-,19+,20+,21-,22+,23+,24-/m1/s1. The molecular formula is C24H42O2. The Labute approximate surface area is 161 Å². The second-order valence-electron chi connectivity index (χ2n) is 11.1. The van der Waals surface area contributed by atoms with E-state index in [1.54, 1.807) is 0 Å². The zero-order valence-corrected chi connectivity index (χ0v) is 17.4. The molecule has 0 aromatic rings. The van der Waals surface area contributed by atoms with Crippen LogP contribution in [-0.2, 0) is 0 Å². The van der Waals surface area contributed by atoms with Crippen LogP contribution in [0.4, 0.5) is 0 Å². The Morgan fingerprint density at radius 3 is 2.50 bits per heavy atom. The topological polar surface area (TPSA) is 40.5 Å². The van der Waals surface area contributed by atoms with E-state index in [4.69, 9.17) is 0 Å². The van der Waals surface area contributed by atoms with Crippen molar-refractivity contribution in [3.8, 4) is 0 Å². The molecule has 4 aliphatic rings. The highest BCUT2D eigenvalue weighted by Crippen LogP contribution is 2.68. The lowest BCUT2D eigenvalue weighted by Gasteiger charge is -2.62. The molecule has 0 spiro atoms. The Balaban J connectivity index is 1.58. The molecule has 0 bridgehead atoms. The van der Waals surface area contributed by atoms with Crippen LogP contribution in [-0.4, -0.2) is 22.9 Å².